The molecule has 2 heterocycles. The van der Waals surface area contributed by atoms with Crippen molar-refractivity contribution in [2.24, 2.45) is 0 Å². The Bertz CT molecular complexity index is 1140. The third kappa shape index (κ3) is 3.69. The number of carbonyl (C=O) groups excluding carboxylic acids is 2. The monoisotopic (exact) mass is 500 g/mol. The number of carbonyl (C=O) groups is 2. The van der Waals surface area contributed by atoms with Gasteiger partial charge in [-0.25, -0.2) is 4.39 Å². The molecule has 2 aliphatic heterocycles. The smallest absolute Gasteiger partial charge is 0.256 e. The number of halogens is 3. The summed E-state index contributed by atoms with van der Waals surface area (Å²) in [6.45, 7) is 1.57. The maximum Gasteiger partial charge on any atom is 0.256 e. The van der Waals surface area contributed by atoms with Crippen molar-refractivity contribution in [2.45, 2.75) is 5.66 Å². The Morgan fingerprint density at radius 3 is 2.35 bits per heavy atom. The number of fused-ring (bicyclic) bond motifs is 3. The van der Waals surface area contributed by atoms with Crippen molar-refractivity contribution < 1.29 is 14.0 Å². The molecule has 3 aromatic carbocycles. The van der Waals surface area contributed by atoms with Crippen molar-refractivity contribution in [3.63, 3.8) is 0 Å². The molecular formula is C24H19BrClFN2O2. The first kappa shape index (κ1) is 21.7. The van der Waals surface area contributed by atoms with Crippen LogP contribution in [0.3, 0.4) is 0 Å². The predicted molar refractivity (Wildman–Crippen MR) is 122 cm³/mol. The van der Waals surface area contributed by atoms with E-state index in [-0.39, 0.29) is 11.7 Å². The quantitative estimate of drug-likeness (QED) is 0.445. The fourth-order valence-electron chi connectivity index (χ4n) is 4.27. The van der Waals surface area contributed by atoms with Crippen LogP contribution in [-0.2, 0) is 5.66 Å². The second kappa shape index (κ2) is 8.54. The van der Waals surface area contributed by atoms with E-state index in [1.54, 1.807) is 0 Å². The topological polar surface area (TPSA) is 40.6 Å². The fourth-order valence-corrected chi connectivity index (χ4v) is 4.76. The third-order valence-electron chi connectivity index (χ3n) is 5.69. The minimum absolute atomic E-state index is 0.0989. The van der Waals surface area contributed by atoms with Gasteiger partial charge in [-0.3, -0.25) is 14.5 Å². The lowest BCUT2D eigenvalue weighted by Gasteiger charge is -2.38. The minimum Gasteiger partial charge on any atom is -0.311 e. The minimum atomic E-state index is -0.527. The molecule has 1 atom stereocenters. The standard InChI is InChI=1S/C17H14BrClN2O.C7H5FO/c1-20-8-9-21-16(22)14-7-4-12(18)10-15(14)17(20,21)11-2-5-13(19)6-3-11;8-7-3-1-6(5-9)2-4-7/h2-7,10H,8-9H2,1H3;1-5H. The van der Waals surface area contributed by atoms with Crippen molar-refractivity contribution in [3.05, 3.63) is 104 Å². The number of aldehydes is 1. The van der Waals surface area contributed by atoms with Crippen molar-refractivity contribution >= 4 is 39.7 Å². The van der Waals surface area contributed by atoms with Gasteiger partial charge in [-0.05, 0) is 67.2 Å². The van der Waals surface area contributed by atoms with Crippen LogP contribution in [0.15, 0.2) is 71.2 Å². The summed E-state index contributed by atoms with van der Waals surface area (Å²) in [5, 5.41) is 0.700. The maximum atomic E-state index is 12.8. The molecule has 1 fully saturated rings. The zero-order chi connectivity index (χ0) is 22.2. The van der Waals surface area contributed by atoms with Gasteiger partial charge in [0.25, 0.3) is 5.91 Å². The van der Waals surface area contributed by atoms with E-state index in [0.29, 0.717) is 16.9 Å². The molecule has 1 unspecified atom stereocenters. The van der Waals surface area contributed by atoms with Gasteiger partial charge in [0.15, 0.2) is 0 Å². The van der Waals surface area contributed by atoms with Gasteiger partial charge >= 0.3 is 0 Å². The lowest BCUT2D eigenvalue weighted by molar-refractivity contribution is 0.0527. The van der Waals surface area contributed by atoms with Crippen LogP contribution in [0.5, 0.6) is 0 Å². The van der Waals surface area contributed by atoms with Gasteiger partial charge in [-0.15, -0.1) is 0 Å². The molecule has 0 spiro atoms. The van der Waals surface area contributed by atoms with Gasteiger partial charge in [0, 0.05) is 39.3 Å². The summed E-state index contributed by atoms with van der Waals surface area (Å²) in [6, 6.07) is 19.1. The molecule has 0 aromatic heterocycles. The zero-order valence-electron chi connectivity index (χ0n) is 16.7. The Morgan fingerprint density at radius 2 is 1.71 bits per heavy atom. The van der Waals surface area contributed by atoms with Crippen LogP contribution >= 0.6 is 27.5 Å². The Kier molecular flexibility index (Phi) is 5.97. The van der Waals surface area contributed by atoms with Gasteiger partial charge in [-0.2, -0.15) is 0 Å². The molecule has 4 nitrogen and oxygen atoms in total. The van der Waals surface area contributed by atoms with Crippen LogP contribution in [0, 0.1) is 5.82 Å². The molecule has 0 bridgehead atoms. The highest BCUT2D eigenvalue weighted by molar-refractivity contribution is 9.10. The van der Waals surface area contributed by atoms with E-state index < -0.39 is 5.66 Å². The summed E-state index contributed by atoms with van der Waals surface area (Å²) in [5.74, 6) is -0.220. The van der Waals surface area contributed by atoms with Crippen molar-refractivity contribution in [1.82, 2.24) is 9.80 Å². The van der Waals surface area contributed by atoms with Crippen LogP contribution < -0.4 is 0 Å². The summed E-state index contributed by atoms with van der Waals surface area (Å²) in [6.07, 6.45) is 0.680. The summed E-state index contributed by atoms with van der Waals surface area (Å²) in [5.41, 5.74) is 2.86. The van der Waals surface area contributed by atoms with E-state index >= 15 is 0 Å². The largest absolute Gasteiger partial charge is 0.311 e. The molecule has 2 aliphatic rings. The predicted octanol–water partition coefficient (Wildman–Crippen LogP) is 5.34. The van der Waals surface area contributed by atoms with Crippen molar-refractivity contribution in [3.8, 4) is 0 Å². The molecule has 0 aliphatic carbocycles. The number of likely N-dealkylation sites (N-methyl/N-ethyl adjacent to an activating group) is 1. The average Bonchev–Trinajstić information content (AvgIpc) is 3.24. The lowest BCUT2D eigenvalue weighted by atomic mass is 9.90. The van der Waals surface area contributed by atoms with E-state index in [0.717, 1.165) is 34.3 Å². The van der Waals surface area contributed by atoms with E-state index in [1.165, 1.54) is 24.3 Å². The number of hydrogen-bond donors (Lipinski definition) is 0. The number of benzene rings is 3. The van der Waals surface area contributed by atoms with Gasteiger partial charge in [0.2, 0.25) is 0 Å². The van der Waals surface area contributed by atoms with Gasteiger partial charge in [0.05, 0.1) is 0 Å². The highest BCUT2D eigenvalue weighted by atomic mass is 79.9. The highest BCUT2D eigenvalue weighted by Gasteiger charge is 2.56. The SMILES string of the molecule is CN1CCN2C(=O)c3ccc(Br)cc3C12c1ccc(Cl)cc1.O=Cc1ccc(F)cc1. The molecule has 1 saturated heterocycles. The molecule has 7 heteroatoms. The van der Waals surface area contributed by atoms with E-state index in [9.17, 15) is 14.0 Å². The molecule has 31 heavy (non-hydrogen) atoms. The molecular weight excluding hydrogens is 483 g/mol. The summed E-state index contributed by atoms with van der Waals surface area (Å²) in [4.78, 5) is 27.0. The maximum absolute atomic E-state index is 12.8. The Hall–Kier alpha value is -2.54. The van der Waals surface area contributed by atoms with Crippen molar-refractivity contribution in [2.75, 3.05) is 20.1 Å². The van der Waals surface area contributed by atoms with Crippen LogP contribution in [0.25, 0.3) is 0 Å². The van der Waals surface area contributed by atoms with Crippen LogP contribution in [0.2, 0.25) is 5.02 Å². The molecule has 0 radical (unpaired) electrons. The fraction of sp³-hybridized carbons (Fsp3) is 0.167. The summed E-state index contributed by atoms with van der Waals surface area (Å²) >= 11 is 9.59. The zero-order valence-corrected chi connectivity index (χ0v) is 19.0. The second-order valence-corrected chi connectivity index (χ2v) is 8.77. The Morgan fingerprint density at radius 1 is 1.03 bits per heavy atom. The Labute approximate surface area is 193 Å². The number of rotatable bonds is 2. The Balaban J connectivity index is 0.000000217. The van der Waals surface area contributed by atoms with Crippen LogP contribution in [0.1, 0.15) is 31.8 Å². The number of hydrogen-bond acceptors (Lipinski definition) is 3. The summed E-state index contributed by atoms with van der Waals surface area (Å²) < 4.78 is 13.1. The summed E-state index contributed by atoms with van der Waals surface area (Å²) in [7, 11) is 2.07. The average molecular weight is 502 g/mol. The van der Waals surface area contributed by atoms with E-state index in [4.69, 9.17) is 11.6 Å². The lowest BCUT2D eigenvalue weighted by Crippen LogP contribution is -2.47. The first-order chi connectivity index (χ1) is 14.9. The molecule has 1 amide bonds. The first-order valence-electron chi connectivity index (χ1n) is 9.68. The number of amides is 1. The first-order valence-corrected chi connectivity index (χ1v) is 10.8. The molecule has 158 valence electrons. The third-order valence-corrected chi connectivity index (χ3v) is 6.43. The molecule has 3 aromatic rings. The van der Waals surface area contributed by atoms with Crippen molar-refractivity contribution in [1.29, 1.82) is 0 Å². The number of nitrogens with zero attached hydrogens (tertiary/aromatic N) is 2. The van der Waals surface area contributed by atoms with Gasteiger partial charge in [0.1, 0.15) is 17.8 Å². The van der Waals surface area contributed by atoms with Crippen LogP contribution in [0.4, 0.5) is 4.39 Å². The van der Waals surface area contributed by atoms with E-state index in [2.05, 4.69) is 33.9 Å². The second-order valence-electron chi connectivity index (χ2n) is 7.42. The molecule has 0 N–H and O–H groups in total. The highest BCUT2D eigenvalue weighted by Crippen LogP contribution is 2.49. The normalized spacial score (nSPS) is 19.5. The van der Waals surface area contributed by atoms with Gasteiger partial charge < -0.3 is 4.90 Å². The molecule has 5 rings (SSSR count). The van der Waals surface area contributed by atoms with Crippen LogP contribution in [-0.4, -0.2) is 42.1 Å². The van der Waals surface area contributed by atoms with Gasteiger partial charge in [-0.1, -0.05) is 39.7 Å². The van der Waals surface area contributed by atoms with E-state index in [1.807, 2.05) is 41.3 Å². The molecule has 0 saturated carbocycles.